The highest BCUT2D eigenvalue weighted by Crippen LogP contribution is 2.19. The van der Waals surface area contributed by atoms with E-state index in [1.165, 1.54) is 0 Å². The van der Waals surface area contributed by atoms with E-state index in [2.05, 4.69) is 17.0 Å². The molecule has 142 valence electrons. The molecule has 0 aliphatic carbocycles. The minimum absolute atomic E-state index is 0.111. The largest absolute Gasteiger partial charge is 0.303 e. The van der Waals surface area contributed by atoms with Gasteiger partial charge in [0, 0.05) is 32.3 Å². The molecule has 0 saturated heterocycles. The summed E-state index contributed by atoms with van der Waals surface area (Å²) in [5.41, 5.74) is 1.05. The zero-order chi connectivity index (χ0) is 19.4. The zero-order valence-electron chi connectivity index (χ0n) is 16.6. The second-order valence-electron chi connectivity index (χ2n) is 6.78. The molecule has 2 aromatic rings. The van der Waals surface area contributed by atoms with Gasteiger partial charge >= 0.3 is 0 Å². The number of anilines is 1. The first-order valence-electron chi connectivity index (χ1n) is 9.24. The average molecular weight is 359 g/mol. The van der Waals surface area contributed by atoms with Crippen molar-refractivity contribution in [3.05, 3.63) is 39.8 Å². The van der Waals surface area contributed by atoms with Gasteiger partial charge in [0.1, 0.15) is 11.4 Å². The average Bonchev–Trinajstić information content (AvgIpc) is 2.98. The summed E-state index contributed by atoms with van der Waals surface area (Å²) in [7, 11) is 1.80. The summed E-state index contributed by atoms with van der Waals surface area (Å²) < 4.78 is 3.26. The number of carbonyl (C=O) groups excluding carboxylic acids is 1. The third kappa shape index (κ3) is 3.86. The maximum Gasteiger partial charge on any atom is 0.266 e. The van der Waals surface area contributed by atoms with Crippen molar-refractivity contribution in [3.8, 4) is 0 Å². The van der Waals surface area contributed by atoms with Crippen LogP contribution >= 0.6 is 0 Å². The van der Waals surface area contributed by atoms with E-state index >= 15 is 0 Å². The Morgan fingerprint density at radius 3 is 2.50 bits per heavy atom. The van der Waals surface area contributed by atoms with Crippen LogP contribution in [0.15, 0.2) is 17.2 Å². The lowest BCUT2D eigenvalue weighted by atomic mass is 10.1. The molecular weight excluding hydrogens is 330 g/mol. The lowest BCUT2D eigenvalue weighted by molar-refractivity contribution is 0.0977. The maximum atomic E-state index is 13.3. The molecule has 0 aliphatic rings. The number of unbranched alkanes of at least 4 members (excludes halogenated alkanes) is 1. The monoisotopic (exact) mass is 359 g/mol. The second-order valence-corrected chi connectivity index (χ2v) is 6.78. The fourth-order valence-electron chi connectivity index (χ4n) is 3.12. The van der Waals surface area contributed by atoms with Gasteiger partial charge in [0.2, 0.25) is 0 Å². The summed E-state index contributed by atoms with van der Waals surface area (Å²) >= 11 is 0. The molecule has 7 nitrogen and oxygen atoms in total. The van der Waals surface area contributed by atoms with Crippen LogP contribution in [-0.4, -0.2) is 31.3 Å². The highest BCUT2D eigenvalue weighted by Gasteiger charge is 2.27. The molecule has 0 N–H and O–H groups in total. The molecule has 2 heterocycles. The van der Waals surface area contributed by atoms with Crippen LogP contribution in [0.4, 0.5) is 5.69 Å². The Balaban J connectivity index is 2.55. The van der Waals surface area contributed by atoms with Gasteiger partial charge < -0.3 is 4.90 Å². The molecule has 0 aromatic carbocycles. The van der Waals surface area contributed by atoms with Crippen molar-refractivity contribution in [3.63, 3.8) is 0 Å². The van der Waals surface area contributed by atoms with E-state index in [1.54, 1.807) is 40.5 Å². The normalized spacial score (nSPS) is 11.2. The van der Waals surface area contributed by atoms with E-state index in [0.717, 1.165) is 25.1 Å². The minimum atomic E-state index is -0.327. The number of rotatable bonds is 7. The first kappa shape index (κ1) is 19.9. The first-order chi connectivity index (χ1) is 12.3. The maximum absolute atomic E-state index is 13.3. The molecule has 1 amide bonds. The van der Waals surface area contributed by atoms with Gasteiger partial charge in [-0.3, -0.25) is 18.8 Å². The lowest BCUT2D eigenvalue weighted by Crippen LogP contribution is -2.42. The Bertz CT molecular complexity index is 835. The number of aryl methyl sites for hydroxylation is 3. The van der Waals surface area contributed by atoms with Crippen molar-refractivity contribution in [1.29, 1.82) is 0 Å². The van der Waals surface area contributed by atoms with Crippen LogP contribution in [-0.2, 0) is 20.0 Å². The van der Waals surface area contributed by atoms with E-state index in [4.69, 9.17) is 0 Å². The molecule has 0 aliphatic heterocycles. The minimum Gasteiger partial charge on any atom is -0.303 e. The zero-order valence-corrected chi connectivity index (χ0v) is 16.6. The third-order valence-corrected chi connectivity index (χ3v) is 4.42. The Labute approximate surface area is 154 Å². The molecule has 26 heavy (non-hydrogen) atoms. The summed E-state index contributed by atoms with van der Waals surface area (Å²) in [5, 5.41) is 4.15. The molecule has 0 bridgehead atoms. The second kappa shape index (κ2) is 8.29. The van der Waals surface area contributed by atoms with Crippen LogP contribution in [0.3, 0.4) is 0 Å². The number of hydrogen-bond acceptors (Lipinski definition) is 4. The predicted octanol–water partition coefficient (Wildman–Crippen LogP) is 2.70. The van der Waals surface area contributed by atoms with Gasteiger partial charge in [0.05, 0.1) is 17.6 Å². The number of aromatic nitrogens is 4. The molecule has 0 fully saturated rings. The van der Waals surface area contributed by atoms with Crippen LogP contribution in [0.25, 0.3) is 0 Å². The van der Waals surface area contributed by atoms with E-state index in [9.17, 15) is 9.59 Å². The van der Waals surface area contributed by atoms with Gasteiger partial charge in [0.25, 0.3) is 11.5 Å². The van der Waals surface area contributed by atoms with Gasteiger partial charge in [-0.25, -0.2) is 4.98 Å². The van der Waals surface area contributed by atoms with Crippen molar-refractivity contribution >= 4 is 11.6 Å². The highest BCUT2D eigenvalue weighted by molar-refractivity contribution is 6.06. The summed E-state index contributed by atoms with van der Waals surface area (Å²) in [5.74, 6) is 0.429. The fourth-order valence-corrected chi connectivity index (χ4v) is 3.12. The molecule has 0 unspecified atom stereocenters. The van der Waals surface area contributed by atoms with Gasteiger partial charge in [-0.05, 0) is 34.1 Å². The number of nitrogens with zero attached hydrogens (tertiary/aromatic N) is 5. The van der Waals surface area contributed by atoms with Crippen LogP contribution in [0.5, 0.6) is 0 Å². The first-order valence-corrected chi connectivity index (χ1v) is 9.24. The standard InChI is InChI=1S/C19H29N5O2/c1-7-9-10-16-21-14(5)17(18(25)23(16)8-2)19(26)24(13(3)4)15-11-20-22(6)12-15/h11-13H,7-10H2,1-6H3. The Hall–Kier alpha value is -2.44. The molecule has 0 radical (unpaired) electrons. The van der Waals surface area contributed by atoms with E-state index in [-0.39, 0.29) is 23.1 Å². The Morgan fingerprint density at radius 2 is 2.00 bits per heavy atom. The van der Waals surface area contributed by atoms with Crippen molar-refractivity contribution < 1.29 is 4.79 Å². The quantitative estimate of drug-likeness (QED) is 0.762. The van der Waals surface area contributed by atoms with Gasteiger partial charge in [-0.2, -0.15) is 5.10 Å². The van der Waals surface area contributed by atoms with Gasteiger partial charge in [-0.15, -0.1) is 0 Å². The van der Waals surface area contributed by atoms with E-state index in [0.29, 0.717) is 17.9 Å². The number of carbonyl (C=O) groups is 1. The SMILES string of the molecule is CCCCc1nc(C)c(C(=O)N(c2cnn(C)c2)C(C)C)c(=O)n1CC. The van der Waals surface area contributed by atoms with E-state index in [1.807, 2.05) is 20.8 Å². The van der Waals surface area contributed by atoms with Crippen LogP contribution in [0.2, 0.25) is 0 Å². The lowest BCUT2D eigenvalue weighted by Gasteiger charge is -2.26. The smallest absolute Gasteiger partial charge is 0.266 e. The van der Waals surface area contributed by atoms with Crippen LogP contribution in [0.1, 0.15) is 62.4 Å². The summed E-state index contributed by atoms with van der Waals surface area (Å²) in [4.78, 5) is 32.5. The number of hydrogen-bond donors (Lipinski definition) is 0. The van der Waals surface area contributed by atoms with Crippen LogP contribution < -0.4 is 10.5 Å². The molecular formula is C19H29N5O2. The molecule has 0 saturated carbocycles. The molecule has 2 rings (SSSR count). The molecule has 2 aromatic heterocycles. The van der Waals surface area contributed by atoms with E-state index < -0.39 is 0 Å². The van der Waals surface area contributed by atoms with Crippen molar-refractivity contribution in [2.75, 3.05) is 4.90 Å². The van der Waals surface area contributed by atoms with Crippen LogP contribution in [0, 0.1) is 6.92 Å². The summed E-state index contributed by atoms with van der Waals surface area (Å²) in [6.07, 6.45) is 6.14. The summed E-state index contributed by atoms with van der Waals surface area (Å²) in [6.45, 7) is 10.1. The molecule has 0 spiro atoms. The molecule has 7 heteroatoms. The Kier molecular flexibility index (Phi) is 6.34. The third-order valence-electron chi connectivity index (χ3n) is 4.42. The van der Waals surface area contributed by atoms with Crippen molar-refractivity contribution in [2.45, 2.75) is 66.5 Å². The van der Waals surface area contributed by atoms with Gasteiger partial charge in [-0.1, -0.05) is 13.3 Å². The van der Waals surface area contributed by atoms with Gasteiger partial charge in [0.15, 0.2) is 0 Å². The number of amides is 1. The fraction of sp³-hybridized carbons (Fsp3) is 0.579. The Morgan fingerprint density at radius 1 is 1.31 bits per heavy atom. The molecule has 0 atom stereocenters. The van der Waals surface area contributed by atoms with Crippen molar-refractivity contribution in [1.82, 2.24) is 19.3 Å². The van der Waals surface area contributed by atoms with Crippen molar-refractivity contribution in [2.24, 2.45) is 7.05 Å². The predicted molar refractivity (Wildman–Crippen MR) is 103 cm³/mol. The highest BCUT2D eigenvalue weighted by atomic mass is 16.2. The summed E-state index contributed by atoms with van der Waals surface area (Å²) in [6, 6.07) is -0.111. The topological polar surface area (TPSA) is 73.0 Å².